The average molecular weight is 373 g/mol. The molecule has 26 heavy (non-hydrogen) atoms. The highest BCUT2D eigenvalue weighted by molar-refractivity contribution is 7.85. The fraction of sp³-hybridized carbons (Fsp3) is 0.300. The zero-order valence-electron chi connectivity index (χ0n) is 15.2. The molecule has 0 aliphatic carbocycles. The summed E-state index contributed by atoms with van der Waals surface area (Å²) in [5.41, 5.74) is 2.03. The Kier molecular flexibility index (Phi) is 7.09. The highest BCUT2D eigenvalue weighted by Gasteiger charge is 2.22. The van der Waals surface area contributed by atoms with Gasteiger partial charge in [0.05, 0.1) is 21.3 Å². The maximum absolute atomic E-state index is 12.4. The maximum atomic E-state index is 12.4. The van der Waals surface area contributed by atoms with Crippen molar-refractivity contribution in [2.75, 3.05) is 11.1 Å². The predicted molar refractivity (Wildman–Crippen MR) is 103 cm³/mol. The molecular formula is C20H23NO4S. The lowest BCUT2D eigenvalue weighted by Gasteiger charge is -2.15. The third-order valence-corrected chi connectivity index (χ3v) is 5.27. The lowest BCUT2D eigenvalue weighted by Crippen LogP contribution is -2.30. The van der Waals surface area contributed by atoms with Crippen LogP contribution in [-0.4, -0.2) is 27.9 Å². The van der Waals surface area contributed by atoms with Gasteiger partial charge in [-0.15, -0.1) is 0 Å². The van der Waals surface area contributed by atoms with Gasteiger partial charge in [-0.25, -0.2) is 4.79 Å². The number of esters is 1. The van der Waals surface area contributed by atoms with Crippen LogP contribution in [0.2, 0.25) is 0 Å². The monoisotopic (exact) mass is 373 g/mol. The molecule has 0 bridgehead atoms. The number of carbonyl (C=O) groups excluding carboxylic acids is 2. The van der Waals surface area contributed by atoms with Gasteiger partial charge in [-0.2, -0.15) is 0 Å². The van der Waals surface area contributed by atoms with Crippen LogP contribution in [0.4, 0.5) is 5.69 Å². The summed E-state index contributed by atoms with van der Waals surface area (Å²) in [6, 6.07) is 14.1. The molecule has 0 fully saturated rings. The van der Waals surface area contributed by atoms with Crippen molar-refractivity contribution >= 4 is 28.4 Å². The summed E-state index contributed by atoms with van der Waals surface area (Å²) in [5.74, 6) is -0.684. The van der Waals surface area contributed by atoms with E-state index in [1.807, 2.05) is 24.3 Å². The number of hydrogen-bond donors (Lipinski definition) is 1. The van der Waals surface area contributed by atoms with Crippen molar-refractivity contribution in [1.82, 2.24) is 0 Å². The van der Waals surface area contributed by atoms with Crippen LogP contribution in [0, 0.1) is 0 Å². The van der Waals surface area contributed by atoms with E-state index in [2.05, 4.69) is 12.2 Å². The normalized spacial score (nSPS) is 12.9. The van der Waals surface area contributed by atoms with Gasteiger partial charge in [0.1, 0.15) is 0 Å². The molecule has 0 radical (unpaired) electrons. The second-order valence-electron chi connectivity index (χ2n) is 5.72. The molecule has 2 rings (SSSR count). The van der Waals surface area contributed by atoms with Crippen LogP contribution in [-0.2, 0) is 26.8 Å². The van der Waals surface area contributed by atoms with E-state index in [4.69, 9.17) is 4.74 Å². The van der Waals surface area contributed by atoms with E-state index < -0.39 is 28.8 Å². The smallest absolute Gasteiger partial charge is 0.340 e. The second-order valence-corrected chi connectivity index (χ2v) is 7.43. The summed E-state index contributed by atoms with van der Waals surface area (Å²) in [7, 11) is -1.28. The van der Waals surface area contributed by atoms with Gasteiger partial charge in [0.15, 0.2) is 6.10 Å². The Morgan fingerprint density at radius 3 is 2.35 bits per heavy atom. The van der Waals surface area contributed by atoms with Gasteiger partial charge in [-0.1, -0.05) is 38.1 Å². The molecular weight excluding hydrogens is 350 g/mol. The number of carbonyl (C=O) groups is 2. The Hall–Kier alpha value is -2.47. The molecule has 1 amide bonds. The van der Waals surface area contributed by atoms with Gasteiger partial charge < -0.3 is 10.1 Å². The van der Waals surface area contributed by atoms with Crippen LogP contribution in [0.3, 0.4) is 0 Å². The number of rotatable bonds is 7. The summed E-state index contributed by atoms with van der Waals surface area (Å²) in [6.45, 7) is 5.34. The van der Waals surface area contributed by atoms with Crippen LogP contribution in [0.1, 0.15) is 36.7 Å². The third kappa shape index (κ3) is 5.02. The number of ether oxygens (including phenoxy) is 1. The van der Waals surface area contributed by atoms with E-state index in [1.54, 1.807) is 31.2 Å². The summed E-state index contributed by atoms with van der Waals surface area (Å²) in [4.78, 5) is 25.1. The Bertz CT molecular complexity index is 802. The predicted octanol–water partition coefficient (Wildman–Crippen LogP) is 3.56. The van der Waals surface area contributed by atoms with E-state index in [0.29, 0.717) is 16.3 Å². The summed E-state index contributed by atoms with van der Waals surface area (Å²) in [5, 5.41) is 2.72. The highest BCUT2D eigenvalue weighted by Crippen LogP contribution is 2.16. The summed E-state index contributed by atoms with van der Waals surface area (Å²) >= 11 is 0. The Balaban J connectivity index is 2.04. The number of anilines is 1. The molecule has 2 aromatic carbocycles. The van der Waals surface area contributed by atoms with E-state index in [1.165, 1.54) is 12.5 Å². The first kappa shape index (κ1) is 19.8. The second kappa shape index (κ2) is 9.29. The molecule has 2 aromatic rings. The molecule has 0 heterocycles. The largest absolute Gasteiger partial charge is 0.449 e. The van der Waals surface area contributed by atoms with E-state index >= 15 is 0 Å². The zero-order chi connectivity index (χ0) is 19.1. The number of amides is 1. The minimum Gasteiger partial charge on any atom is -0.449 e. The SMILES string of the molecule is CCc1ccc(NC(=O)[C@@H](C)OC(=O)c2ccccc2[S@@](=O)CC)cc1. The van der Waals surface area contributed by atoms with Crippen molar-refractivity contribution in [1.29, 1.82) is 0 Å². The molecule has 0 saturated heterocycles. The van der Waals surface area contributed by atoms with Crippen molar-refractivity contribution in [3.05, 3.63) is 59.7 Å². The molecule has 0 saturated carbocycles. The topological polar surface area (TPSA) is 72.5 Å². The zero-order valence-corrected chi connectivity index (χ0v) is 16.0. The lowest BCUT2D eigenvalue weighted by molar-refractivity contribution is -0.123. The van der Waals surface area contributed by atoms with Crippen LogP contribution in [0.25, 0.3) is 0 Å². The lowest BCUT2D eigenvalue weighted by atomic mass is 10.1. The van der Waals surface area contributed by atoms with Gasteiger partial charge in [0.25, 0.3) is 5.91 Å². The number of nitrogens with one attached hydrogen (secondary N) is 1. The highest BCUT2D eigenvalue weighted by atomic mass is 32.2. The molecule has 0 unspecified atom stereocenters. The minimum atomic E-state index is -1.28. The number of benzene rings is 2. The van der Waals surface area contributed by atoms with E-state index in [-0.39, 0.29) is 5.56 Å². The molecule has 6 heteroatoms. The average Bonchev–Trinajstić information content (AvgIpc) is 2.67. The van der Waals surface area contributed by atoms with E-state index in [9.17, 15) is 13.8 Å². The maximum Gasteiger partial charge on any atom is 0.340 e. The standard InChI is InChI=1S/C20H23NO4S/c1-4-15-10-12-16(13-11-15)21-19(22)14(3)25-20(23)17-8-6-7-9-18(17)26(24)5-2/h6-14H,4-5H2,1-3H3,(H,21,22)/t14-,26+/m1/s1. The molecule has 5 nitrogen and oxygen atoms in total. The molecule has 138 valence electrons. The van der Waals surface area contributed by atoms with Crippen molar-refractivity contribution in [3.8, 4) is 0 Å². The number of hydrogen-bond acceptors (Lipinski definition) is 4. The Morgan fingerprint density at radius 2 is 1.73 bits per heavy atom. The van der Waals surface area contributed by atoms with Gasteiger partial charge in [0.2, 0.25) is 0 Å². The first-order chi connectivity index (χ1) is 12.5. The van der Waals surface area contributed by atoms with Gasteiger partial charge >= 0.3 is 5.97 Å². The summed E-state index contributed by atoms with van der Waals surface area (Å²) < 4.78 is 17.3. The van der Waals surface area contributed by atoms with Crippen LogP contribution in [0.15, 0.2) is 53.4 Å². The van der Waals surface area contributed by atoms with Crippen molar-refractivity contribution in [2.45, 2.75) is 38.2 Å². The summed E-state index contributed by atoms with van der Waals surface area (Å²) in [6.07, 6.45) is -0.0580. The van der Waals surface area contributed by atoms with Gasteiger partial charge in [0, 0.05) is 11.4 Å². The Labute approximate surface area is 156 Å². The Morgan fingerprint density at radius 1 is 1.08 bits per heavy atom. The van der Waals surface area contributed by atoms with Crippen molar-refractivity contribution in [2.24, 2.45) is 0 Å². The molecule has 0 aliphatic heterocycles. The third-order valence-electron chi connectivity index (χ3n) is 3.90. The molecule has 0 aromatic heterocycles. The van der Waals surface area contributed by atoms with Crippen LogP contribution >= 0.6 is 0 Å². The van der Waals surface area contributed by atoms with Crippen LogP contribution < -0.4 is 5.32 Å². The first-order valence-corrected chi connectivity index (χ1v) is 9.86. The van der Waals surface area contributed by atoms with Crippen LogP contribution in [0.5, 0.6) is 0 Å². The van der Waals surface area contributed by atoms with Gasteiger partial charge in [-0.05, 0) is 43.2 Å². The fourth-order valence-corrected chi connectivity index (χ4v) is 3.27. The minimum absolute atomic E-state index is 0.222. The molecule has 1 N–H and O–H groups in total. The quantitative estimate of drug-likeness (QED) is 0.753. The van der Waals surface area contributed by atoms with Crippen molar-refractivity contribution < 1.29 is 18.5 Å². The fourth-order valence-electron chi connectivity index (χ4n) is 2.33. The molecule has 0 spiro atoms. The first-order valence-electron chi connectivity index (χ1n) is 8.54. The van der Waals surface area contributed by atoms with E-state index in [0.717, 1.165) is 6.42 Å². The van der Waals surface area contributed by atoms with Gasteiger partial charge in [-0.3, -0.25) is 9.00 Å². The number of aryl methyl sites for hydroxylation is 1. The molecule has 2 atom stereocenters. The molecule has 0 aliphatic rings. The van der Waals surface area contributed by atoms with Crippen molar-refractivity contribution in [3.63, 3.8) is 0 Å².